The lowest BCUT2D eigenvalue weighted by Gasteiger charge is -2.24. The zero-order valence-corrected chi connectivity index (χ0v) is 15.0. The summed E-state index contributed by atoms with van der Waals surface area (Å²) in [5.74, 6) is -0.0307. The SMILES string of the molecule is CC(C)(C)OC(=O)N1C[C@@H](CN)[C@H](NC(=O)OCc2ccccc2)C1. The molecule has 2 atom stereocenters. The molecule has 1 aliphatic heterocycles. The minimum atomic E-state index is -0.560. The summed E-state index contributed by atoms with van der Waals surface area (Å²) in [6.45, 7) is 6.83. The minimum Gasteiger partial charge on any atom is -0.445 e. The second-order valence-electron chi connectivity index (χ2n) is 7.19. The molecular formula is C18H27N3O4. The normalized spacial score (nSPS) is 20.2. The number of nitrogens with zero attached hydrogens (tertiary/aromatic N) is 1. The molecule has 138 valence electrons. The molecule has 0 aliphatic carbocycles. The van der Waals surface area contributed by atoms with Crippen LogP contribution in [0.25, 0.3) is 0 Å². The largest absolute Gasteiger partial charge is 0.445 e. The third-order valence-corrected chi connectivity index (χ3v) is 3.91. The van der Waals surface area contributed by atoms with Crippen LogP contribution in [0.15, 0.2) is 30.3 Å². The van der Waals surface area contributed by atoms with E-state index < -0.39 is 17.8 Å². The van der Waals surface area contributed by atoms with E-state index in [0.29, 0.717) is 19.6 Å². The first-order valence-corrected chi connectivity index (χ1v) is 8.43. The van der Waals surface area contributed by atoms with E-state index >= 15 is 0 Å². The Morgan fingerprint density at radius 1 is 1.24 bits per heavy atom. The number of rotatable bonds is 4. The lowest BCUT2D eigenvalue weighted by molar-refractivity contribution is 0.0285. The first kappa shape index (κ1) is 19.1. The molecule has 0 spiro atoms. The van der Waals surface area contributed by atoms with Crippen molar-refractivity contribution in [3.05, 3.63) is 35.9 Å². The number of benzene rings is 1. The number of amides is 2. The van der Waals surface area contributed by atoms with Crippen LogP contribution in [0.4, 0.5) is 9.59 Å². The van der Waals surface area contributed by atoms with Crippen LogP contribution in [0.2, 0.25) is 0 Å². The van der Waals surface area contributed by atoms with Gasteiger partial charge in [-0.3, -0.25) is 0 Å². The van der Waals surface area contributed by atoms with E-state index in [-0.39, 0.29) is 18.6 Å². The summed E-state index contributed by atoms with van der Waals surface area (Å²) in [7, 11) is 0. The Labute approximate surface area is 148 Å². The maximum absolute atomic E-state index is 12.2. The molecule has 1 aliphatic rings. The molecule has 0 unspecified atom stereocenters. The fourth-order valence-electron chi connectivity index (χ4n) is 2.67. The third-order valence-electron chi connectivity index (χ3n) is 3.91. The first-order valence-electron chi connectivity index (χ1n) is 8.43. The zero-order valence-electron chi connectivity index (χ0n) is 15.0. The second-order valence-corrected chi connectivity index (χ2v) is 7.19. The summed E-state index contributed by atoms with van der Waals surface area (Å²) in [6, 6.07) is 9.19. The highest BCUT2D eigenvalue weighted by Gasteiger charge is 2.37. The van der Waals surface area contributed by atoms with Gasteiger partial charge in [-0.2, -0.15) is 0 Å². The minimum absolute atomic E-state index is 0.0307. The number of nitrogens with two attached hydrogens (primary N) is 1. The van der Waals surface area contributed by atoms with E-state index in [9.17, 15) is 9.59 Å². The van der Waals surface area contributed by atoms with Gasteiger partial charge >= 0.3 is 12.2 Å². The number of ether oxygens (including phenoxy) is 2. The number of nitrogens with one attached hydrogen (secondary N) is 1. The number of carbonyl (C=O) groups is 2. The first-order chi connectivity index (χ1) is 11.8. The van der Waals surface area contributed by atoms with Crippen LogP contribution in [0.5, 0.6) is 0 Å². The summed E-state index contributed by atoms with van der Waals surface area (Å²) < 4.78 is 10.6. The van der Waals surface area contributed by atoms with Crippen molar-refractivity contribution < 1.29 is 19.1 Å². The highest BCUT2D eigenvalue weighted by Crippen LogP contribution is 2.19. The van der Waals surface area contributed by atoms with Crippen molar-refractivity contribution in [3.8, 4) is 0 Å². The van der Waals surface area contributed by atoms with Gasteiger partial charge in [0, 0.05) is 19.0 Å². The van der Waals surface area contributed by atoms with E-state index in [1.165, 1.54) is 0 Å². The van der Waals surface area contributed by atoms with Crippen LogP contribution in [-0.4, -0.2) is 48.4 Å². The van der Waals surface area contributed by atoms with Crippen LogP contribution >= 0.6 is 0 Å². The zero-order chi connectivity index (χ0) is 18.4. The molecule has 7 heteroatoms. The maximum Gasteiger partial charge on any atom is 0.410 e. The van der Waals surface area contributed by atoms with Crippen LogP contribution in [0.3, 0.4) is 0 Å². The van der Waals surface area contributed by atoms with Crippen molar-refractivity contribution >= 4 is 12.2 Å². The highest BCUT2D eigenvalue weighted by atomic mass is 16.6. The summed E-state index contributed by atoms with van der Waals surface area (Å²) in [6.07, 6.45) is -0.911. The van der Waals surface area contributed by atoms with E-state index in [0.717, 1.165) is 5.56 Å². The summed E-state index contributed by atoms with van der Waals surface area (Å²) in [4.78, 5) is 25.8. The Kier molecular flexibility index (Phi) is 6.25. The summed E-state index contributed by atoms with van der Waals surface area (Å²) >= 11 is 0. The quantitative estimate of drug-likeness (QED) is 0.868. The molecule has 1 aromatic rings. The van der Waals surface area contributed by atoms with E-state index in [1.54, 1.807) is 4.90 Å². The van der Waals surface area contributed by atoms with Gasteiger partial charge in [0.25, 0.3) is 0 Å². The average Bonchev–Trinajstić information content (AvgIpc) is 2.95. The van der Waals surface area contributed by atoms with Crippen molar-refractivity contribution in [3.63, 3.8) is 0 Å². The Balaban J connectivity index is 1.85. The molecule has 7 nitrogen and oxygen atoms in total. The Morgan fingerprint density at radius 2 is 1.92 bits per heavy atom. The van der Waals surface area contributed by atoms with Crippen LogP contribution in [0.1, 0.15) is 26.3 Å². The summed E-state index contributed by atoms with van der Waals surface area (Å²) in [5, 5.41) is 2.81. The lowest BCUT2D eigenvalue weighted by Crippen LogP contribution is -2.43. The predicted octanol–water partition coefficient (Wildman–Crippen LogP) is 2.11. The smallest absolute Gasteiger partial charge is 0.410 e. The van der Waals surface area contributed by atoms with Gasteiger partial charge < -0.3 is 25.4 Å². The number of hydrogen-bond donors (Lipinski definition) is 2. The molecule has 1 fully saturated rings. The molecule has 0 saturated carbocycles. The number of likely N-dealkylation sites (tertiary alicyclic amines) is 1. The second kappa shape index (κ2) is 8.20. The van der Waals surface area contributed by atoms with Gasteiger partial charge in [0.15, 0.2) is 0 Å². The standard InChI is InChI=1S/C18H27N3O4/c1-18(2,3)25-17(23)21-10-14(9-19)15(11-21)20-16(22)24-12-13-7-5-4-6-8-13/h4-8,14-15H,9-12,19H2,1-3H3,(H,20,22)/t14-,15-/m1/s1. The number of alkyl carbamates (subject to hydrolysis) is 1. The van der Waals surface area contributed by atoms with Gasteiger partial charge in [-0.25, -0.2) is 9.59 Å². The fourth-order valence-corrected chi connectivity index (χ4v) is 2.67. The van der Waals surface area contributed by atoms with Gasteiger partial charge in [-0.05, 0) is 32.9 Å². The fraction of sp³-hybridized carbons (Fsp3) is 0.556. The van der Waals surface area contributed by atoms with Crippen LogP contribution in [0, 0.1) is 5.92 Å². The molecule has 0 radical (unpaired) electrons. The van der Waals surface area contributed by atoms with Gasteiger partial charge in [0.2, 0.25) is 0 Å². The van der Waals surface area contributed by atoms with Crippen molar-refractivity contribution in [2.24, 2.45) is 11.7 Å². The van der Waals surface area contributed by atoms with Gasteiger partial charge in [-0.1, -0.05) is 30.3 Å². The maximum atomic E-state index is 12.2. The van der Waals surface area contributed by atoms with E-state index in [1.807, 2.05) is 51.1 Å². The van der Waals surface area contributed by atoms with Crippen LogP contribution < -0.4 is 11.1 Å². The monoisotopic (exact) mass is 349 g/mol. The van der Waals surface area contributed by atoms with Crippen molar-refractivity contribution in [1.82, 2.24) is 10.2 Å². The Bertz CT molecular complexity index is 586. The molecule has 25 heavy (non-hydrogen) atoms. The third kappa shape index (κ3) is 5.94. The molecule has 2 rings (SSSR count). The van der Waals surface area contributed by atoms with E-state index in [2.05, 4.69) is 5.32 Å². The molecule has 0 bridgehead atoms. The van der Waals surface area contributed by atoms with E-state index in [4.69, 9.17) is 15.2 Å². The molecule has 3 N–H and O–H groups in total. The molecule has 0 aromatic heterocycles. The van der Waals surface area contributed by atoms with Crippen molar-refractivity contribution in [1.29, 1.82) is 0 Å². The van der Waals surface area contributed by atoms with Crippen molar-refractivity contribution in [2.45, 2.75) is 39.0 Å². The molecular weight excluding hydrogens is 322 g/mol. The number of hydrogen-bond acceptors (Lipinski definition) is 5. The highest BCUT2D eigenvalue weighted by molar-refractivity contribution is 5.70. The predicted molar refractivity (Wildman–Crippen MR) is 93.9 cm³/mol. The Morgan fingerprint density at radius 3 is 2.52 bits per heavy atom. The van der Waals surface area contributed by atoms with Gasteiger partial charge in [0.1, 0.15) is 12.2 Å². The van der Waals surface area contributed by atoms with Gasteiger partial charge in [-0.15, -0.1) is 0 Å². The average molecular weight is 349 g/mol. The molecule has 1 saturated heterocycles. The topological polar surface area (TPSA) is 93.9 Å². The van der Waals surface area contributed by atoms with Crippen molar-refractivity contribution in [2.75, 3.05) is 19.6 Å². The molecule has 2 amide bonds. The Hall–Kier alpha value is -2.28. The van der Waals surface area contributed by atoms with Crippen LogP contribution in [-0.2, 0) is 16.1 Å². The number of carbonyl (C=O) groups excluding carboxylic acids is 2. The lowest BCUT2D eigenvalue weighted by atomic mass is 10.0. The molecule has 1 aromatic carbocycles. The van der Waals surface area contributed by atoms with Gasteiger partial charge in [0.05, 0.1) is 6.04 Å². The summed E-state index contributed by atoms with van der Waals surface area (Å²) in [5.41, 5.74) is 6.14. The molecule has 1 heterocycles.